The van der Waals surface area contributed by atoms with E-state index in [1.165, 1.54) is 0 Å². The van der Waals surface area contributed by atoms with Crippen LogP contribution in [0.3, 0.4) is 0 Å². The summed E-state index contributed by atoms with van der Waals surface area (Å²) in [6, 6.07) is 2.45. The van der Waals surface area contributed by atoms with Crippen molar-refractivity contribution in [1.29, 1.82) is 0 Å². The van der Waals surface area contributed by atoms with Crippen molar-refractivity contribution in [3.63, 3.8) is 0 Å². The van der Waals surface area contributed by atoms with E-state index in [-0.39, 0.29) is 19.2 Å². The summed E-state index contributed by atoms with van der Waals surface area (Å²) in [5.74, 6) is 0.879. The van der Waals surface area contributed by atoms with Gasteiger partial charge in [0.25, 0.3) is 0 Å². The van der Waals surface area contributed by atoms with Gasteiger partial charge >= 0.3 is 0 Å². The number of carbonyl (C=O) groups is 1. The SMILES string of the molecule is Cc1cc2c(cc1C(=O)C(N)CO)OCO2. The molecule has 16 heavy (non-hydrogen) atoms. The summed E-state index contributed by atoms with van der Waals surface area (Å²) < 4.78 is 10.4. The average molecular weight is 223 g/mol. The van der Waals surface area contributed by atoms with E-state index >= 15 is 0 Å². The van der Waals surface area contributed by atoms with E-state index in [1.807, 2.05) is 0 Å². The van der Waals surface area contributed by atoms with Crippen LogP contribution in [-0.2, 0) is 0 Å². The second-order valence-corrected chi connectivity index (χ2v) is 3.67. The first-order valence-electron chi connectivity index (χ1n) is 4.94. The number of aliphatic hydroxyl groups is 1. The Morgan fingerprint density at radius 2 is 2.12 bits per heavy atom. The summed E-state index contributed by atoms with van der Waals surface area (Å²) in [7, 11) is 0. The summed E-state index contributed by atoms with van der Waals surface area (Å²) in [4.78, 5) is 11.8. The number of ketones is 1. The highest BCUT2D eigenvalue weighted by molar-refractivity contribution is 6.01. The molecule has 3 N–H and O–H groups in total. The Labute approximate surface area is 92.8 Å². The molecule has 1 atom stereocenters. The lowest BCUT2D eigenvalue weighted by molar-refractivity contribution is 0.0924. The fraction of sp³-hybridized carbons (Fsp3) is 0.364. The lowest BCUT2D eigenvalue weighted by Gasteiger charge is -2.10. The molecule has 86 valence electrons. The quantitative estimate of drug-likeness (QED) is 0.717. The zero-order valence-corrected chi connectivity index (χ0v) is 8.90. The fourth-order valence-corrected chi connectivity index (χ4v) is 1.59. The minimum Gasteiger partial charge on any atom is -0.454 e. The van der Waals surface area contributed by atoms with Gasteiger partial charge in [-0.1, -0.05) is 0 Å². The Kier molecular flexibility index (Phi) is 2.80. The van der Waals surface area contributed by atoms with Crippen LogP contribution in [-0.4, -0.2) is 30.3 Å². The number of ether oxygens (including phenoxy) is 2. The highest BCUT2D eigenvalue weighted by atomic mass is 16.7. The fourth-order valence-electron chi connectivity index (χ4n) is 1.59. The third-order valence-corrected chi connectivity index (χ3v) is 2.52. The number of carbonyl (C=O) groups excluding carboxylic acids is 1. The van der Waals surface area contributed by atoms with Crippen LogP contribution in [0.5, 0.6) is 11.5 Å². The largest absolute Gasteiger partial charge is 0.454 e. The van der Waals surface area contributed by atoms with Gasteiger partial charge in [0.1, 0.15) is 0 Å². The van der Waals surface area contributed by atoms with Crippen molar-refractivity contribution in [1.82, 2.24) is 0 Å². The molecule has 0 saturated carbocycles. The number of rotatable bonds is 3. The van der Waals surface area contributed by atoms with Gasteiger partial charge in [0, 0.05) is 5.56 Å². The molecule has 0 amide bonds. The van der Waals surface area contributed by atoms with Crippen LogP contribution in [0.2, 0.25) is 0 Å². The minimum absolute atomic E-state index is 0.165. The Bertz CT molecular complexity index is 430. The van der Waals surface area contributed by atoms with E-state index in [1.54, 1.807) is 19.1 Å². The Balaban J connectivity index is 2.38. The van der Waals surface area contributed by atoms with Crippen LogP contribution in [0, 0.1) is 6.92 Å². The van der Waals surface area contributed by atoms with Gasteiger partial charge in [-0.3, -0.25) is 4.79 Å². The van der Waals surface area contributed by atoms with E-state index in [2.05, 4.69) is 0 Å². The highest BCUT2D eigenvalue weighted by Gasteiger charge is 2.22. The third kappa shape index (κ3) is 1.75. The molecule has 0 aromatic heterocycles. The molecule has 2 rings (SSSR count). The number of Topliss-reactive ketones (excluding diaryl/α,β-unsaturated/α-hetero) is 1. The van der Waals surface area contributed by atoms with Crippen molar-refractivity contribution >= 4 is 5.78 Å². The second-order valence-electron chi connectivity index (χ2n) is 3.67. The normalized spacial score (nSPS) is 14.9. The summed E-state index contributed by atoms with van der Waals surface area (Å²) in [6.45, 7) is 1.59. The molecule has 0 fully saturated rings. The third-order valence-electron chi connectivity index (χ3n) is 2.52. The number of hydrogen-bond donors (Lipinski definition) is 2. The Morgan fingerprint density at radius 1 is 1.50 bits per heavy atom. The maximum Gasteiger partial charge on any atom is 0.231 e. The molecule has 0 bridgehead atoms. The molecule has 1 aromatic carbocycles. The van der Waals surface area contributed by atoms with Crippen LogP contribution in [0.15, 0.2) is 12.1 Å². The van der Waals surface area contributed by atoms with Gasteiger partial charge in [-0.15, -0.1) is 0 Å². The first-order chi connectivity index (χ1) is 7.63. The van der Waals surface area contributed by atoms with E-state index in [9.17, 15) is 4.79 Å². The van der Waals surface area contributed by atoms with Crippen molar-refractivity contribution in [3.8, 4) is 11.5 Å². The minimum atomic E-state index is -0.890. The van der Waals surface area contributed by atoms with E-state index in [4.69, 9.17) is 20.3 Å². The van der Waals surface area contributed by atoms with E-state index in [0.29, 0.717) is 17.1 Å². The van der Waals surface area contributed by atoms with E-state index in [0.717, 1.165) is 5.56 Å². The molecular formula is C11H13NO4. The summed E-state index contributed by atoms with van der Waals surface area (Å²) in [5.41, 5.74) is 6.72. The maximum atomic E-state index is 11.8. The Hall–Kier alpha value is -1.59. The highest BCUT2D eigenvalue weighted by Crippen LogP contribution is 2.34. The second kappa shape index (κ2) is 4.11. The predicted molar refractivity (Wildman–Crippen MR) is 56.7 cm³/mol. The predicted octanol–water partition coefficient (Wildman–Crippen LogP) is 0.226. The van der Waals surface area contributed by atoms with Gasteiger partial charge in [0.2, 0.25) is 6.79 Å². The maximum absolute atomic E-state index is 11.8. The molecule has 1 aliphatic heterocycles. The number of aliphatic hydroxyl groups excluding tert-OH is 1. The molecule has 0 spiro atoms. The van der Waals surface area contributed by atoms with Gasteiger partial charge < -0.3 is 20.3 Å². The molecule has 1 heterocycles. The average Bonchev–Trinajstić information content (AvgIpc) is 2.72. The van der Waals surface area contributed by atoms with Gasteiger partial charge in [-0.05, 0) is 24.6 Å². The first-order valence-corrected chi connectivity index (χ1v) is 4.94. The zero-order chi connectivity index (χ0) is 11.7. The molecular weight excluding hydrogens is 210 g/mol. The van der Waals surface area contributed by atoms with Crippen LogP contribution in [0.1, 0.15) is 15.9 Å². The van der Waals surface area contributed by atoms with E-state index < -0.39 is 6.04 Å². The molecule has 1 aliphatic rings. The van der Waals surface area contributed by atoms with Crippen molar-refractivity contribution in [3.05, 3.63) is 23.3 Å². The Morgan fingerprint density at radius 3 is 2.75 bits per heavy atom. The number of fused-ring (bicyclic) bond motifs is 1. The molecule has 0 aliphatic carbocycles. The first kappa shape index (κ1) is 10.9. The standard InChI is InChI=1S/C11H13NO4/c1-6-2-9-10(16-5-15-9)3-7(6)11(14)8(12)4-13/h2-3,8,13H,4-5,12H2,1H3. The molecule has 0 radical (unpaired) electrons. The van der Waals surface area contributed by atoms with Crippen LogP contribution in [0.4, 0.5) is 0 Å². The number of nitrogens with two attached hydrogens (primary N) is 1. The number of aryl methyl sites for hydroxylation is 1. The summed E-state index contributed by atoms with van der Waals surface area (Å²) in [5, 5.41) is 8.85. The number of hydrogen-bond acceptors (Lipinski definition) is 5. The smallest absolute Gasteiger partial charge is 0.231 e. The van der Waals surface area contributed by atoms with Crippen molar-refractivity contribution in [2.45, 2.75) is 13.0 Å². The number of benzene rings is 1. The molecule has 0 saturated heterocycles. The van der Waals surface area contributed by atoms with Crippen LogP contribution < -0.4 is 15.2 Å². The lowest BCUT2D eigenvalue weighted by atomic mass is 9.99. The van der Waals surface area contributed by atoms with Crippen LogP contribution in [0.25, 0.3) is 0 Å². The topological polar surface area (TPSA) is 81.8 Å². The molecule has 1 unspecified atom stereocenters. The molecule has 1 aromatic rings. The molecule has 5 heteroatoms. The summed E-state index contributed by atoms with van der Waals surface area (Å²) in [6.07, 6.45) is 0. The van der Waals surface area contributed by atoms with Gasteiger partial charge in [-0.2, -0.15) is 0 Å². The van der Waals surface area contributed by atoms with Crippen molar-refractivity contribution in [2.24, 2.45) is 5.73 Å². The van der Waals surface area contributed by atoms with Gasteiger partial charge in [-0.25, -0.2) is 0 Å². The van der Waals surface area contributed by atoms with Crippen molar-refractivity contribution in [2.75, 3.05) is 13.4 Å². The summed E-state index contributed by atoms with van der Waals surface area (Å²) >= 11 is 0. The molecule has 5 nitrogen and oxygen atoms in total. The van der Waals surface area contributed by atoms with Crippen LogP contribution >= 0.6 is 0 Å². The van der Waals surface area contributed by atoms with Gasteiger partial charge in [0.15, 0.2) is 17.3 Å². The lowest BCUT2D eigenvalue weighted by Crippen LogP contribution is -2.34. The van der Waals surface area contributed by atoms with Crippen molar-refractivity contribution < 1.29 is 19.4 Å². The zero-order valence-electron chi connectivity index (χ0n) is 8.90. The van der Waals surface area contributed by atoms with Gasteiger partial charge in [0.05, 0.1) is 12.6 Å². The monoisotopic (exact) mass is 223 g/mol.